The van der Waals surface area contributed by atoms with Gasteiger partial charge in [-0.15, -0.1) is 6.42 Å². The Bertz CT molecular complexity index is 2820. The van der Waals surface area contributed by atoms with E-state index >= 15 is 8.78 Å². The molecule has 4 aliphatic heterocycles. The van der Waals surface area contributed by atoms with Crippen LogP contribution in [0.4, 0.5) is 40.3 Å². The van der Waals surface area contributed by atoms with Crippen molar-refractivity contribution in [2.24, 2.45) is 5.92 Å². The van der Waals surface area contributed by atoms with E-state index in [9.17, 15) is 37.5 Å². The van der Waals surface area contributed by atoms with Gasteiger partial charge in [-0.2, -0.15) is 0 Å². The summed E-state index contributed by atoms with van der Waals surface area (Å²) in [6.45, 7) is -0.623. The van der Waals surface area contributed by atoms with Crippen molar-refractivity contribution in [2.45, 2.75) is 30.5 Å². The summed E-state index contributed by atoms with van der Waals surface area (Å²) in [7, 11) is 0. The Labute approximate surface area is 324 Å². The minimum absolute atomic E-state index is 0.00986. The molecule has 12 nitrogen and oxygen atoms in total. The van der Waals surface area contributed by atoms with Crippen molar-refractivity contribution < 1.29 is 55.8 Å². The molecule has 2 aliphatic carbocycles. The predicted octanol–water partition coefficient (Wildman–Crippen LogP) is 4.92. The molecule has 58 heavy (non-hydrogen) atoms. The predicted molar refractivity (Wildman–Crippen MR) is 193 cm³/mol. The fourth-order valence-corrected chi connectivity index (χ4v) is 7.92. The van der Waals surface area contributed by atoms with Gasteiger partial charge in [0.1, 0.15) is 23.1 Å². The number of terminal acetylenes is 1. The zero-order valence-electron chi connectivity index (χ0n) is 29.5. The van der Waals surface area contributed by atoms with E-state index in [1.807, 2.05) is 0 Å². The average Bonchev–Trinajstić information content (AvgIpc) is 4.08. The molecule has 6 aliphatic rings. The highest BCUT2D eigenvalue weighted by Crippen LogP contribution is 2.55. The second-order valence-electron chi connectivity index (χ2n) is 14.4. The van der Waals surface area contributed by atoms with Gasteiger partial charge in [-0.05, 0) is 42.5 Å². The number of hydrogen-bond acceptors (Lipinski definition) is 8. The topological polar surface area (TPSA) is 134 Å². The number of hydrogen-bond donors (Lipinski definition) is 0. The van der Waals surface area contributed by atoms with Crippen LogP contribution in [-0.2, 0) is 9.59 Å². The van der Waals surface area contributed by atoms with Crippen LogP contribution >= 0.6 is 0 Å². The number of rotatable bonds is 4. The SMILES string of the molecule is C#CCN1C(=O)C2(CC2C#CCN2C(=O)C3(CC3)Oc3cc(F)c(N4C(=O)c5cccc(F)c5C4=O)cc32)Oc2cc(F)c(N3C(=O)c4ccc(F)cc4C3=O)cc21. The summed E-state index contributed by atoms with van der Waals surface area (Å²) in [5.41, 5.74) is -5.10. The molecule has 0 N–H and O–H groups in total. The minimum Gasteiger partial charge on any atom is -0.475 e. The first-order valence-corrected chi connectivity index (χ1v) is 17.7. The van der Waals surface area contributed by atoms with Crippen molar-refractivity contribution in [3.8, 4) is 35.7 Å². The van der Waals surface area contributed by atoms with Crippen molar-refractivity contribution >= 4 is 58.2 Å². The van der Waals surface area contributed by atoms with Crippen LogP contribution in [0.5, 0.6) is 11.5 Å². The maximum Gasteiger partial charge on any atom is 0.273 e. The molecule has 0 bridgehead atoms. The number of amides is 6. The van der Waals surface area contributed by atoms with E-state index < -0.39 is 92.8 Å². The van der Waals surface area contributed by atoms with Gasteiger partial charge in [0.25, 0.3) is 35.4 Å². The third-order valence-electron chi connectivity index (χ3n) is 11.0. The molecule has 0 aromatic heterocycles. The molecule has 0 radical (unpaired) electrons. The first-order chi connectivity index (χ1) is 27.8. The summed E-state index contributed by atoms with van der Waals surface area (Å²) in [5.74, 6) is -1.65. The highest BCUT2D eigenvalue weighted by Gasteiger charge is 2.66. The van der Waals surface area contributed by atoms with Crippen LogP contribution in [-0.4, -0.2) is 59.7 Å². The van der Waals surface area contributed by atoms with Crippen molar-refractivity contribution in [1.82, 2.24) is 0 Å². The zero-order chi connectivity index (χ0) is 40.6. The lowest BCUT2D eigenvalue weighted by atomic mass is 10.1. The molecule has 6 amide bonds. The van der Waals surface area contributed by atoms with Crippen molar-refractivity contribution in [2.75, 3.05) is 32.7 Å². The molecule has 16 heteroatoms. The van der Waals surface area contributed by atoms with Gasteiger partial charge in [0.15, 0.2) is 17.2 Å². The van der Waals surface area contributed by atoms with Crippen LogP contribution in [0.3, 0.4) is 0 Å². The van der Waals surface area contributed by atoms with Gasteiger partial charge in [-0.3, -0.25) is 38.6 Å². The third kappa shape index (κ3) is 4.71. The summed E-state index contributed by atoms with van der Waals surface area (Å²) in [6.07, 6.45) is 6.31. The highest BCUT2D eigenvalue weighted by atomic mass is 19.1. The molecule has 2 fully saturated rings. The van der Waals surface area contributed by atoms with Crippen molar-refractivity contribution in [3.63, 3.8) is 0 Å². The summed E-state index contributed by atoms with van der Waals surface area (Å²) in [5, 5.41) is 0. The lowest BCUT2D eigenvalue weighted by molar-refractivity contribution is -0.129. The average molecular weight is 787 g/mol. The van der Waals surface area contributed by atoms with Crippen LogP contribution in [0.15, 0.2) is 60.7 Å². The molecule has 10 rings (SSSR count). The molecule has 2 atom stereocenters. The Hall–Kier alpha value is -7.46. The van der Waals surface area contributed by atoms with E-state index in [-0.39, 0.29) is 59.1 Å². The van der Waals surface area contributed by atoms with Gasteiger partial charge in [0.05, 0.1) is 64.0 Å². The Kier molecular flexibility index (Phi) is 7.11. The second kappa shape index (κ2) is 11.8. The number of benzene rings is 4. The molecule has 4 aromatic carbocycles. The fourth-order valence-electron chi connectivity index (χ4n) is 7.92. The second-order valence-corrected chi connectivity index (χ2v) is 14.4. The number of fused-ring (bicyclic) bond motifs is 4. The first-order valence-electron chi connectivity index (χ1n) is 17.7. The Morgan fingerprint density at radius 2 is 1.28 bits per heavy atom. The molecule has 286 valence electrons. The smallest absolute Gasteiger partial charge is 0.273 e. The van der Waals surface area contributed by atoms with Crippen LogP contribution in [0.25, 0.3) is 0 Å². The highest BCUT2D eigenvalue weighted by molar-refractivity contribution is 6.35. The van der Waals surface area contributed by atoms with E-state index in [2.05, 4.69) is 17.8 Å². The van der Waals surface area contributed by atoms with Crippen molar-refractivity contribution in [3.05, 3.63) is 106 Å². The summed E-state index contributed by atoms with van der Waals surface area (Å²) in [6, 6.07) is 10.5. The van der Waals surface area contributed by atoms with Crippen LogP contribution in [0.1, 0.15) is 60.7 Å². The number of ether oxygens (including phenoxy) is 2. The van der Waals surface area contributed by atoms with E-state index in [1.165, 1.54) is 17.0 Å². The third-order valence-corrected chi connectivity index (χ3v) is 11.0. The molecule has 0 saturated heterocycles. The minimum atomic E-state index is -1.61. The maximum absolute atomic E-state index is 15.8. The van der Waals surface area contributed by atoms with Gasteiger partial charge < -0.3 is 9.47 Å². The molecule has 4 aromatic rings. The van der Waals surface area contributed by atoms with Gasteiger partial charge >= 0.3 is 0 Å². The molecular weight excluding hydrogens is 764 g/mol. The van der Waals surface area contributed by atoms with Gasteiger partial charge in [0.2, 0.25) is 5.60 Å². The lowest BCUT2D eigenvalue weighted by Gasteiger charge is -2.35. The quantitative estimate of drug-likeness (QED) is 0.162. The number of imide groups is 2. The van der Waals surface area contributed by atoms with Gasteiger partial charge in [0, 0.05) is 31.4 Å². The zero-order valence-corrected chi connectivity index (χ0v) is 29.5. The maximum atomic E-state index is 15.8. The van der Waals surface area contributed by atoms with Gasteiger partial charge in [-0.1, -0.05) is 23.8 Å². The van der Waals surface area contributed by atoms with Crippen molar-refractivity contribution in [1.29, 1.82) is 0 Å². The summed E-state index contributed by atoms with van der Waals surface area (Å²) < 4.78 is 71.9. The number of halogens is 4. The molecule has 2 saturated carbocycles. The molecule has 2 unspecified atom stereocenters. The standard InChI is InChI=1S/C42H22F4N4O8/c1-2-12-47-31-17-28(49-35(51)22-9-8-21(43)14-24(22)37(49)53)27(46)16-33(31)58-42(40(47)56)19-20(42)5-4-13-48-30-18-29(26(45)15-32(30)57-41(10-11-41)39(48)55)50-36(52)23-6-3-7-25(44)34(23)38(50)54/h1,3,6-9,14-18,20H,10-13,19H2. The van der Waals surface area contributed by atoms with E-state index in [0.29, 0.717) is 22.6 Å². The van der Waals surface area contributed by atoms with E-state index in [0.717, 1.165) is 53.4 Å². The molecular formula is C42H22F4N4O8. The normalized spacial score (nSPS) is 21.6. The van der Waals surface area contributed by atoms with Crippen LogP contribution < -0.4 is 29.1 Å². The van der Waals surface area contributed by atoms with Crippen LogP contribution in [0.2, 0.25) is 0 Å². The lowest BCUT2D eigenvalue weighted by Crippen LogP contribution is -2.49. The monoisotopic (exact) mass is 786 g/mol. The number of carbonyl (C=O) groups is 6. The Morgan fingerprint density at radius 3 is 1.93 bits per heavy atom. The van der Waals surface area contributed by atoms with Gasteiger partial charge in [-0.25, -0.2) is 27.4 Å². The molecule has 2 spiro atoms. The first kappa shape index (κ1) is 35.0. The summed E-state index contributed by atoms with van der Waals surface area (Å²) in [4.78, 5) is 83.8. The Balaban J connectivity index is 0.941. The number of carbonyl (C=O) groups excluding carboxylic acids is 6. The van der Waals surface area contributed by atoms with E-state index in [4.69, 9.17) is 15.9 Å². The molecule has 4 heterocycles. The summed E-state index contributed by atoms with van der Waals surface area (Å²) >= 11 is 0. The number of nitrogens with zero attached hydrogens (tertiary/aromatic N) is 4. The largest absolute Gasteiger partial charge is 0.475 e. The van der Waals surface area contributed by atoms with E-state index in [1.54, 1.807) is 0 Å². The fraction of sp³-hybridized carbons (Fsp3) is 0.190. The van der Waals surface area contributed by atoms with Crippen LogP contribution in [0, 0.1) is 53.4 Å². The number of anilines is 4. The Morgan fingerprint density at radius 1 is 0.655 bits per heavy atom.